The first-order valence-electron chi connectivity index (χ1n) is 6.17. The van der Waals surface area contributed by atoms with Gasteiger partial charge in [-0.25, -0.2) is 8.42 Å². The fourth-order valence-corrected chi connectivity index (χ4v) is 4.10. The maximum absolute atomic E-state index is 12.4. The second kappa shape index (κ2) is 5.44. The summed E-state index contributed by atoms with van der Waals surface area (Å²) in [5, 5.41) is -0.0187. The molecule has 0 aromatic carbocycles. The highest BCUT2D eigenvalue weighted by Crippen LogP contribution is 2.27. The molecule has 0 N–H and O–H groups in total. The van der Waals surface area contributed by atoms with Gasteiger partial charge in [0.25, 0.3) is 10.0 Å². The molecule has 1 aromatic heterocycles. The van der Waals surface area contributed by atoms with Gasteiger partial charge in [0, 0.05) is 19.1 Å². The van der Waals surface area contributed by atoms with Gasteiger partial charge in [-0.2, -0.15) is 4.31 Å². The van der Waals surface area contributed by atoms with Crippen molar-refractivity contribution >= 4 is 21.6 Å². The average Bonchev–Trinajstić information content (AvgIpc) is 2.95. The van der Waals surface area contributed by atoms with Crippen LogP contribution in [0.15, 0.2) is 21.6 Å². The molecule has 0 saturated carbocycles. The summed E-state index contributed by atoms with van der Waals surface area (Å²) in [6.07, 6.45) is 0. The van der Waals surface area contributed by atoms with E-state index in [9.17, 15) is 8.42 Å². The molecule has 0 amide bonds. The van der Waals surface area contributed by atoms with Crippen molar-refractivity contribution < 1.29 is 12.8 Å². The van der Waals surface area contributed by atoms with Crippen LogP contribution in [0.5, 0.6) is 0 Å². The number of furan rings is 1. The molecule has 1 saturated heterocycles. The van der Waals surface area contributed by atoms with Crippen molar-refractivity contribution in [3.63, 3.8) is 0 Å². The summed E-state index contributed by atoms with van der Waals surface area (Å²) in [5.74, 6) is 0.940. The molecule has 7 heteroatoms. The quantitative estimate of drug-likeness (QED) is 0.793. The van der Waals surface area contributed by atoms with Crippen molar-refractivity contribution in [1.29, 1.82) is 0 Å². The van der Waals surface area contributed by atoms with E-state index in [1.165, 1.54) is 10.4 Å². The van der Waals surface area contributed by atoms with Crippen LogP contribution in [0.1, 0.15) is 12.7 Å². The van der Waals surface area contributed by atoms with E-state index in [1.54, 1.807) is 6.07 Å². The maximum Gasteiger partial charge on any atom is 0.276 e. The molecule has 1 fully saturated rings. The lowest BCUT2D eigenvalue weighted by molar-refractivity contribution is 0.262. The van der Waals surface area contributed by atoms with Gasteiger partial charge in [0.1, 0.15) is 5.76 Å². The van der Waals surface area contributed by atoms with Crippen LogP contribution >= 0.6 is 11.6 Å². The Labute approximate surface area is 119 Å². The summed E-state index contributed by atoms with van der Waals surface area (Å²) in [4.78, 5) is 2.06. The van der Waals surface area contributed by atoms with E-state index in [2.05, 4.69) is 11.8 Å². The topological polar surface area (TPSA) is 53.8 Å². The predicted molar refractivity (Wildman–Crippen MR) is 73.7 cm³/mol. The Morgan fingerprint density at radius 3 is 2.58 bits per heavy atom. The third-order valence-corrected chi connectivity index (χ3v) is 5.53. The third-order valence-electron chi connectivity index (χ3n) is 3.57. The summed E-state index contributed by atoms with van der Waals surface area (Å²) < 4.78 is 31.6. The molecular weight excluding hydrogens is 288 g/mol. The number of halogens is 1. The number of likely N-dealkylation sites (N-methyl/N-ethyl adjacent to an activating group) is 1. The second-order valence-electron chi connectivity index (χ2n) is 5.18. The first-order chi connectivity index (χ1) is 8.86. The standard InChI is InChI=1S/C12H19ClN2O3S/c1-9-7-15(8-11(9)14(2)3)19(16,17)12-5-4-10(6-13)18-12/h4-5,9,11H,6-8H2,1-3H3. The Bertz CT molecular complexity index is 541. The van der Waals surface area contributed by atoms with Crippen LogP contribution in [0.25, 0.3) is 0 Å². The van der Waals surface area contributed by atoms with Gasteiger partial charge in [-0.3, -0.25) is 0 Å². The number of hydrogen-bond acceptors (Lipinski definition) is 4. The molecule has 19 heavy (non-hydrogen) atoms. The van der Waals surface area contributed by atoms with E-state index >= 15 is 0 Å². The minimum atomic E-state index is -3.55. The third kappa shape index (κ3) is 2.81. The Morgan fingerprint density at radius 1 is 1.42 bits per heavy atom. The van der Waals surface area contributed by atoms with Crippen molar-refractivity contribution in [2.75, 3.05) is 27.2 Å². The fourth-order valence-electron chi connectivity index (χ4n) is 2.47. The largest absolute Gasteiger partial charge is 0.447 e. The highest BCUT2D eigenvalue weighted by Gasteiger charge is 2.39. The summed E-state index contributed by atoms with van der Waals surface area (Å²) in [5.41, 5.74) is 0. The zero-order chi connectivity index (χ0) is 14.2. The number of hydrogen-bond donors (Lipinski definition) is 0. The van der Waals surface area contributed by atoms with E-state index < -0.39 is 10.0 Å². The summed E-state index contributed by atoms with van der Waals surface area (Å²) in [7, 11) is 0.390. The summed E-state index contributed by atoms with van der Waals surface area (Å²) in [6, 6.07) is 3.31. The number of sulfonamides is 1. The lowest BCUT2D eigenvalue weighted by Crippen LogP contribution is -2.35. The molecular formula is C12H19ClN2O3S. The Balaban J connectivity index is 2.22. The Hall–Kier alpha value is -0.560. The summed E-state index contributed by atoms with van der Waals surface area (Å²) >= 11 is 5.63. The zero-order valence-electron chi connectivity index (χ0n) is 11.3. The number of alkyl halides is 1. The molecule has 1 aliphatic rings. The van der Waals surface area contributed by atoms with E-state index in [-0.39, 0.29) is 17.0 Å². The highest BCUT2D eigenvalue weighted by atomic mass is 35.5. The molecule has 5 nitrogen and oxygen atoms in total. The van der Waals surface area contributed by atoms with Gasteiger partial charge in [0.05, 0.1) is 5.88 Å². The highest BCUT2D eigenvalue weighted by molar-refractivity contribution is 7.89. The fraction of sp³-hybridized carbons (Fsp3) is 0.667. The SMILES string of the molecule is CC1CN(S(=O)(=O)c2ccc(CCl)o2)CC1N(C)C. The van der Waals surface area contributed by atoms with Crippen molar-refractivity contribution in [2.45, 2.75) is 23.9 Å². The van der Waals surface area contributed by atoms with Gasteiger partial charge in [-0.05, 0) is 32.1 Å². The lowest BCUT2D eigenvalue weighted by Gasteiger charge is -2.22. The minimum Gasteiger partial charge on any atom is -0.447 e. The van der Waals surface area contributed by atoms with Gasteiger partial charge in [-0.1, -0.05) is 6.92 Å². The molecule has 2 atom stereocenters. The number of rotatable bonds is 4. The van der Waals surface area contributed by atoms with Crippen LogP contribution in [-0.2, 0) is 15.9 Å². The molecule has 0 radical (unpaired) electrons. The van der Waals surface area contributed by atoms with Gasteiger partial charge < -0.3 is 9.32 Å². The summed E-state index contributed by atoms with van der Waals surface area (Å²) in [6.45, 7) is 3.07. The van der Waals surface area contributed by atoms with Crippen LogP contribution in [0.4, 0.5) is 0 Å². The van der Waals surface area contributed by atoms with Crippen LogP contribution in [0.2, 0.25) is 0 Å². The molecule has 2 heterocycles. The van der Waals surface area contributed by atoms with Gasteiger partial charge in [0.2, 0.25) is 5.09 Å². The molecule has 108 valence electrons. The molecule has 0 bridgehead atoms. The van der Waals surface area contributed by atoms with E-state index in [0.29, 0.717) is 24.8 Å². The van der Waals surface area contributed by atoms with Crippen molar-refractivity contribution in [2.24, 2.45) is 5.92 Å². The molecule has 0 aliphatic carbocycles. The lowest BCUT2D eigenvalue weighted by atomic mass is 10.1. The molecule has 2 rings (SSSR count). The smallest absolute Gasteiger partial charge is 0.276 e. The van der Waals surface area contributed by atoms with Crippen LogP contribution in [0, 0.1) is 5.92 Å². The second-order valence-corrected chi connectivity index (χ2v) is 7.32. The zero-order valence-corrected chi connectivity index (χ0v) is 12.9. The van der Waals surface area contributed by atoms with Crippen molar-refractivity contribution in [1.82, 2.24) is 9.21 Å². The average molecular weight is 307 g/mol. The molecule has 1 aromatic rings. The van der Waals surface area contributed by atoms with Crippen LogP contribution in [-0.4, -0.2) is 50.8 Å². The maximum atomic E-state index is 12.4. The monoisotopic (exact) mass is 306 g/mol. The van der Waals surface area contributed by atoms with Crippen molar-refractivity contribution in [3.8, 4) is 0 Å². The molecule has 2 unspecified atom stereocenters. The predicted octanol–water partition coefficient (Wildman–Crippen LogP) is 1.59. The van der Waals surface area contributed by atoms with Gasteiger partial charge in [-0.15, -0.1) is 11.6 Å². The van der Waals surface area contributed by atoms with Crippen molar-refractivity contribution in [3.05, 3.63) is 17.9 Å². The molecule has 0 spiro atoms. The van der Waals surface area contributed by atoms with E-state index in [0.717, 1.165) is 0 Å². The normalized spacial score (nSPS) is 25.3. The Morgan fingerprint density at radius 2 is 2.11 bits per heavy atom. The minimum absolute atomic E-state index is 0.0187. The first kappa shape index (κ1) is 14.8. The van der Waals surface area contributed by atoms with Crippen LogP contribution < -0.4 is 0 Å². The van der Waals surface area contributed by atoms with E-state index in [1.807, 2.05) is 14.1 Å². The van der Waals surface area contributed by atoms with Gasteiger partial charge in [0.15, 0.2) is 0 Å². The molecule has 1 aliphatic heterocycles. The van der Waals surface area contributed by atoms with Crippen LogP contribution in [0.3, 0.4) is 0 Å². The number of nitrogens with zero attached hydrogens (tertiary/aromatic N) is 2. The first-order valence-corrected chi connectivity index (χ1v) is 8.15. The Kier molecular flexibility index (Phi) is 4.25. The van der Waals surface area contributed by atoms with Gasteiger partial charge >= 0.3 is 0 Å². The van der Waals surface area contributed by atoms with E-state index in [4.69, 9.17) is 16.0 Å².